The molecule has 0 saturated carbocycles. The molecular weight excluding hydrogens is 302 g/mol. The maximum atomic E-state index is 12.1. The molecule has 1 aromatic carbocycles. The molecule has 1 heterocycles. The molecular formula is C16H24ClN3O2. The summed E-state index contributed by atoms with van der Waals surface area (Å²) < 4.78 is 0. The van der Waals surface area contributed by atoms with Crippen LogP contribution in [0.3, 0.4) is 0 Å². The summed E-state index contributed by atoms with van der Waals surface area (Å²) in [5, 5.41) is 12.6. The number of nitrogens with zero attached hydrogens (tertiary/aromatic N) is 2. The largest absolute Gasteiger partial charge is 0.395 e. The normalized spacial score (nSPS) is 18.1. The predicted octanol–water partition coefficient (Wildman–Crippen LogP) is 1.13. The highest BCUT2D eigenvalue weighted by Gasteiger charge is 2.19. The van der Waals surface area contributed by atoms with Crippen LogP contribution in [0.2, 0.25) is 5.02 Å². The average Bonchev–Trinajstić information content (AvgIpc) is 2.50. The number of piperazine rings is 1. The summed E-state index contributed by atoms with van der Waals surface area (Å²) in [4.78, 5) is 16.5. The summed E-state index contributed by atoms with van der Waals surface area (Å²) in [7, 11) is 0. The fourth-order valence-electron chi connectivity index (χ4n) is 2.64. The molecule has 1 atom stereocenters. The molecule has 0 spiro atoms. The highest BCUT2D eigenvalue weighted by atomic mass is 35.5. The van der Waals surface area contributed by atoms with Gasteiger partial charge in [0, 0.05) is 37.7 Å². The Morgan fingerprint density at radius 2 is 1.82 bits per heavy atom. The molecule has 0 unspecified atom stereocenters. The minimum Gasteiger partial charge on any atom is -0.395 e. The van der Waals surface area contributed by atoms with Gasteiger partial charge in [-0.1, -0.05) is 23.7 Å². The third-order valence-electron chi connectivity index (χ3n) is 4.00. The van der Waals surface area contributed by atoms with E-state index in [1.165, 1.54) is 0 Å². The number of amides is 1. The zero-order valence-corrected chi connectivity index (χ0v) is 13.7. The summed E-state index contributed by atoms with van der Waals surface area (Å²) in [5.41, 5.74) is 1.05. The molecule has 0 bridgehead atoms. The minimum atomic E-state index is -0.0274. The molecule has 2 rings (SSSR count). The molecule has 1 aromatic rings. The Kier molecular flexibility index (Phi) is 6.64. The van der Waals surface area contributed by atoms with Gasteiger partial charge >= 0.3 is 0 Å². The van der Waals surface area contributed by atoms with Crippen LogP contribution in [0.4, 0.5) is 0 Å². The second kappa shape index (κ2) is 8.48. The van der Waals surface area contributed by atoms with E-state index >= 15 is 0 Å². The molecule has 5 nitrogen and oxygen atoms in total. The van der Waals surface area contributed by atoms with Crippen molar-refractivity contribution in [3.63, 3.8) is 0 Å². The van der Waals surface area contributed by atoms with Gasteiger partial charge in [-0.2, -0.15) is 0 Å². The quantitative estimate of drug-likeness (QED) is 0.823. The zero-order chi connectivity index (χ0) is 15.9. The number of β-amino-alcohol motifs (C(OH)–C–C–N with tert-alkyl or cyclic N) is 1. The van der Waals surface area contributed by atoms with Crippen LogP contribution in [0, 0.1) is 0 Å². The van der Waals surface area contributed by atoms with E-state index in [0.717, 1.165) is 31.7 Å². The SMILES string of the molecule is C[C@H](NC(=O)CN1CCN(CCO)CC1)c1ccc(Cl)cc1. The molecule has 0 aromatic heterocycles. The van der Waals surface area contributed by atoms with Crippen LogP contribution in [0.25, 0.3) is 0 Å². The van der Waals surface area contributed by atoms with E-state index in [1.807, 2.05) is 31.2 Å². The fraction of sp³-hybridized carbons (Fsp3) is 0.562. The van der Waals surface area contributed by atoms with Crippen molar-refractivity contribution in [3.05, 3.63) is 34.9 Å². The lowest BCUT2D eigenvalue weighted by Gasteiger charge is -2.34. The zero-order valence-electron chi connectivity index (χ0n) is 13.0. The van der Waals surface area contributed by atoms with Crippen LogP contribution >= 0.6 is 11.6 Å². The second-order valence-electron chi connectivity index (χ2n) is 5.68. The van der Waals surface area contributed by atoms with Crippen LogP contribution in [-0.2, 0) is 4.79 Å². The van der Waals surface area contributed by atoms with Gasteiger partial charge in [-0.25, -0.2) is 0 Å². The van der Waals surface area contributed by atoms with E-state index in [1.54, 1.807) is 0 Å². The van der Waals surface area contributed by atoms with E-state index in [0.29, 0.717) is 18.1 Å². The summed E-state index contributed by atoms with van der Waals surface area (Å²) in [5.74, 6) is 0.0399. The van der Waals surface area contributed by atoms with E-state index in [4.69, 9.17) is 16.7 Å². The molecule has 1 aliphatic heterocycles. The number of hydrogen-bond acceptors (Lipinski definition) is 4. The van der Waals surface area contributed by atoms with Gasteiger partial charge in [0.15, 0.2) is 0 Å². The van der Waals surface area contributed by atoms with Crippen molar-refractivity contribution >= 4 is 17.5 Å². The van der Waals surface area contributed by atoms with Crippen molar-refractivity contribution in [2.75, 3.05) is 45.9 Å². The number of aliphatic hydroxyl groups excluding tert-OH is 1. The first-order chi connectivity index (χ1) is 10.6. The van der Waals surface area contributed by atoms with E-state index in [2.05, 4.69) is 15.1 Å². The maximum Gasteiger partial charge on any atom is 0.234 e. The molecule has 1 saturated heterocycles. The Morgan fingerprint density at radius 3 is 2.41 bits per heavy atom. The van der Waals surface area contributed by atoms with E-state index < -0.39 is 0 Å². The third-order valence-corrected chi connectivity index (χ3v) is 4.25. The van der Waals surface area contributed by atoms with Crippen molar-refractivity contribution in [1.82, 2.24) is 15.1 Å². The Labute approximate surface area is 136 Å². The topological polar surface area (TPSA) is 55.8 Å². The van der Waals surface area contributed by atoms with E-state index in [9.17, 15) is 4.79 Å². The summed E-state index contributed by atoms with van der Waals surface area (Å²) in [6.45, 7) is 6.84. The number of aliphatic hydroxyl groups is 1. The van der Waals surface area contributed by atoms with Gasteiger partial charge in [0.2, 0.25) is 5.91 Å². The van der Waals surface area contributed by atoms with Crippen molar-refractivity contribution in [2.24, 2.45) is 0 Å². The lowest BCUT2D eigenvalue weighted by Crippen LogP contribution is -2.50. The molecule has 22 heavy (non-hydrogen) atoms. The highest BCUT2D eigenvalue weighted by Crippen LogP contribution is 2.16. The van der Waals surface area contributed by atoms with Crippen molar-refractivity contribution < 1.29 is 9.90 Å². The third kappa shape index (κ3) is 5.25. The molecule has 0 aliphatic carbocycles. The van der Waals surface area contributed by atoms with E-state index in [-0.39, 0.29) is 18.6 Å². The van der Waals surface area contributed by atoms with Gasteiger partial charge in [-0.3, -0.25) is 14.6 Å². The van der Waals surface area contributed by atoms with Gasteiger partial charge in [-0.15, -0.1) is 0 Å². The van der Waals surface area contributed by atoms with Crippen LogP contribution < -0.4 is 5.32 Å². The number of benzene rings is 1. The van der Waals surface area contributed by atoms with Gasteiger partial charge in [-0.05, 0) is 24.6 Å². The molecule has 2 N–H and O–H groups in total. The number of carbonyl (C=O) groups is 1. The first kappa shape index (κ1) is 17.2. The lowest BCUT2D eigenvalue weighted by atomic mass is 10.1. The number of hydrogen-bond donors (Lipinski definition) is 2. The first-order valence-corrected chi connectivity index (χ1v) is 8.06. The smallest absolute Gasteiger partial charge is 0.234 e. The lowest BCUT2D eigenvalue weighted by molar-refractivity contribution is -0.123. The van der Waals surface area contributed by atoms with Crippen LogP contribution in [0.1, 0.15) is 18.5 Å². The number of halogens is 1. The molecule has 1 fully saturated rings. The van der Waals surface area contributed by atoms with Gasteiger partial charge in [0.05, 0.1) is 19.2 Å². The predicted molar refractivity (Wildman–Crippen MR) is 88.0 cm³/mol. The Hall–Kier alpha value is -1.14. The number of carbonyl (C=O) groups excluding carboxylic acids is 1. The molecule has 122 valence electrons. The monoisotopic (exact) mass is 325 g/mol. The minimum absolute atomic E-state index is 0.0274. The summed E-state index contributed by atoms with van der Waals surface area (Å²) >= 11 is 5.87. The van der Waals surface area contributed by atoms with Gasteiger partial charge in [0.1, 0.15) is 0 Å². The van der Waals surface area contributed by atoms with Crippen molar-refractivity contribution in [3.8, 4) is 0 Å². The second-order valence-corrected chi connectivity index (χ2v) is 6.12. The summed E-state index contributed by atoms with van der Waals surface area (Å²) in [6, 6.07) is 7.50. The van der Waals surface area contributed by atoms with Gasteiger partial charge < -0.3 is 10.4 Å². The average molecular weight is 326 g/mol. The fourth-order valence-corrected chi connectivity index (χ4v) is 2.76. The molecule has 0 radical (unpaired) electrons. The number of nitrogens with one attached hydrogen (secondary N) is 1. The van der Waals surface area contributed by atoms with Crippen LogP contribution in [0.5, 0.6) is 0 Å². The highest BCUT2D eigenvalue weighted by molar-refractivity contribution is 6.30. The Morgan fingerprint density at radius 1 is 1.23 bits per heavy atom. The molecule has 1 aliphatic rings. The number of rotatable bonds is 6. The Balaban J connectivity index is 1.75. The maximum absolute atomic E-state index is 12.1. The molecule has 6 heteroatoms. The van der Waals surface area contributed by atoms with Crippen molar-refractivity contribution in [1.29, 1.82) is 0 Å². The first-order valence-electron chi connectivity index (χ1n) is 7.69. The van der Waals surface area contributed by atoms with Crippen LogP contribution in [-0.4, -0.2) is 66.7 Å². The van der Waals surface area contributed by atoms with Crippen molar-refractivity contribution in [2.45, 2.75) is 13.0 Å². The van der Waals surface area contributed by atoms with Crippen LogP contribution in [0.15, 0.2) is 24.3 Å². The Bertz CT molecular complexity index is 473. The summed E-state index contributed by atoms with van der Waals surface area (Å²) in [6.07, 6.45) is 0. The molecule has 1 amide bonds. The standard InChI is InChI=1S/C16H24ClN3O2/c1-13(14-2-4-15(17)5-3-14)18-16(22)12-20-8-6-19(7-9-20)10-11-21/h2-5,13,21H,6-12H2,1H3,(H,18,22)/t13-/m0/s1. The van der Waals surface area contributed by atoms with Gasteiger partial charge in [0.25, 0.3) is 0 Å².